The monoisotopic (exact) mass is 264 g/mol. The molecule has 19 heavy (non-hydrogen) atoms. The Hall–Kier alpha value is -1.62. The molecular formula is C14H24N4O. The summed E-state index contributed by atoms with van der Waals surface area (Å²) in [7, 11) is 4.12. The van der Waals surface area contributed by atoms with Gasteiger partial charge in [-0.1, -0.05) is 0 Å². The van der Waals surface area contributed by atoms with Crippen molar-refractivity contribution in [1.82, 2.24) is 15.2 Å². The van der Waals surface area contributed by atoms with E-state index in [0.29, 0.717) is 5.69 Å². The molecular weight excluding hydrogens is 240 g/mol. The summed E-state index contributed by atoms with van der Waals surface area (Å²) in [5.41, 5.74) is 1.40. The predicted molar refractivity (Wildman–Crippen MR) is 78.5 cm³/mol. The maximum Gasteiger partial charge on any atom is 0.270 e. The van der Waals surface area contributed by atoms with Gasteiger partial charge in [0.1, 0.15) is 5.69 Å². The van der Waals surface area contributed by atoms with Crippen LogP contribution in [0.4, 0.5) is 5.69 Å². The Balaban J connectivity index is 2.41. The van der Waals surface area contributed by atoms with Crippen molar-refractivity contribution in [2.24, 2.45) is 0 Å². The number of hydrogen-bond donors (Lipinski definition) is 2. The number of hydrogen-bond acceptors (Lipinski definition) is 4. The van der Waals surface area contributed by atoms with E-state index in [1.165, 1.54) is 0 Å². The Morgan fingerprint density at radius 2 is 2.11 bits per heavy atom. The van der Waals surface area contributed by atoms with Crippen LogP contribution in [0, 0.1) is 0 Å². The summed E-state index contributed by atoms with van der Waals surface area (Å²) in [5.74, 6) is -0.130. The Bertz CT molecular complexity index is 387. The largest absolute Gasteiger partial charge is 0.384 e. The molecule has 0 aliphatic rings. The molecule has 1 heterocycles. The van der Waals surface area contributed by atoms with Crippen molar-refractivity contribution >= 4 is 11.6 Å². The first-order valence-electron chi connectivity index (χ1n) is 6.64. The first kappa shape index (κ1) is 15.4. The second-order valence-electron chi connectivity index (χ2n) is 5.14. The van der Waals surface area contributed by atoms with Gasteiger partial charge in [-0.25, -0.2) is 4.98 Å². The summed E-state index contributed by atoms with van der Waals surface area (Å²) in [6, 6.07) is 3.75. The zero-order valence-corrected chi connectivity index (χ0v) is 12.2. The molecule has 0 fully saturated rings. The van der Waals surface area contributed by atoms with Crippen molar-refractivity contribution in [3.05, 3.63) is 24.0 Å². The number of nitrogens with zero attached hydrogens (tertiary/aromatic N) is 2. The molecule has 0 aliphatic carbocycles. The lowest BCUT2D eigenvalue weighted by Crippen LogP contribution is -2.30. The van der Waals surface area contributed by atoms with Gasteiger partial charge in [-0.05, 0) is 53.0 Å². The van der Waals surface area contributed by atoms with Crippen LogP contribution in [0.25, 0.3) is 0 Å². The highest BCUT2D eigenvalue weighted by Crippen LogP contribution is 2.06. The van der Waals surface area contributed by atoms with E-state index < -0.39 is 0 Å². The zero-order valence-electron chi connectivity index (χ0n) is 12.2. The number of carbonyl (C=O) groups excluding carboxylic acids is 1. The van der Waals surface area contributed by atoms with Gasteiger partial charge in [-0.2, -0.15) is 0 Å². The fourth-order valence-corrected chi connectivity index (χ4v) is 1.60. The zero-order chi connectivity index (χ0) is 14.3. The number of rotatable bonds is 7. The van der Waals surface area contributed by atoms with Crippen molar-refractivity contribution in [3.8, 4) is 0 Å². The highest BCUT2D eigenvalue weighted by atomic mass is 16.1. The summed E-state index contributed by atoms with van der Waals surface area (Å²) in [6.45, 7) is 5.81. The fraction of sp³-hybridized carbons (Fsp3) is 0.571. The lowest BCUT2D eigenvalue weighted by atomic mass is 10.3. The van der Waals surface area contributed by atoms with Gasteiger partial charge in [0, 0.05) is 12.6 Å². The Morgan fingerprint density at radius 1 is 1.37 bits per heavy atom. The van der Waals surface area contributed by atoms with Gasteiger partial charge in [-0.3, -0.25) is 4.79 Å². The summed E-state index contributed by atoms with van der Waals surface area (Å²) in [5, 5.41) is 6.10. The van der Waals surface area contributed by atoms with Crippen LogP contribution in [0.5, 0.6) is 0 Å². The molecule has 1 amide bonds. The van der Waals surface area contributed by atoms with Gasteiger partial charge in [0.15, 0.2) is 0 Å². The van der Waals surface area contributed by atoms with E-state index in [1.54, 1.807) is 12.3 Å². The van der Waals surface area contributed by atoms with Gasteiger partial charge in [0.25, 0.3) is 5.91 Å². The van der Waals surface area contributed by atoms with Crippen molar-refractivity contribution < 1.29 is 4.79 Å². The molecule has 0 unspecified atom stereocenters. The van der Waals surface area contributed by atoms with Gasteiger partial charge < -0.3 is 15.5 Å². The molecule has 5 nitrogen and oxygen atoms in total. The van der Waals surface area contributed by atoms with Crippen LogP contribution in [0.2, 0.25) is 0 Å². The molecule has 0 bridgehead atoms. The molecule has 0 spiro atoms. The van der Waals surface area contributed by atoms with E-state index in [0.717, 1.165) is 25.2 Å². The third kappa shape index (κ3) is 6.20. The summed E-state index contributed by atoms with van der Waals surface area (Å²) < 4.78 is 0. The van der Waals surface area contributed by atoms with Gasteiger partial charge in [0.05, 0.1) is 11.9 Å². The maximum absolute atomic E-state index is 11.7. The van der Waals surface area contributed by atoms with Crippen LogP contribution < -0.4 is 10.6 Å². The normalized spacial score (nSPS) is 10.8. The molecule has 106 valence electrons. The second kappa shape index (κ2) is 7.74. The number of carbonyl (C=O) groups is 1. The van der Waals surface area contributed by atoms with Crippen LogP contribution in [-0.4, -0.2) is 49.0 Å². The summed E-state index contributed by atoms with van der Waals surface area (Å²) in [4.78, 5) is 18.0. The molecule has 0 saturated heterocycles. The Kier molecular flexibility index (Phi) is 6.29. The van der Waals surface area contributed by atoms with E-state index in [4.69, 9.17) is 0 Å². The van der Waals surface area contributed by atoms with Crippen LogP contribution >= 0.6 is 0 Å². The molecule has 1 aromatic rings. The van der Waals surface area contributed by atoms with Crippen LogP contribution in [0.3, 0.4) is 0 Å². The third-order valence-electron chi connectivity index (χ3n) is 2.53. The molecule has 0 aliphatic heterocycles. The van der Waals surface area contributed by atoms with Crippen LogP contribution in [0.1, 0.15) is 30.8 Å². The second-order valence-corrected chi connectivity index (χ2v) is 5.14. The van der Waals surface area contributed by atoms with Crippen molar-refractivity contribution in [3.63, 3.8) is 0 Å². The lowest BCUT2D eigenvalue weighted by molar-refractivity contribution is 0.0938. The standard InChI is InChI=1S/C14H24N4O/c1-11(2)17-14(19)13-7-6-12(10-16-13)15-8-5-9-18(3)4/h6-7,10-11,15H,5,8-9H2,1-4H3,(H,17,19). The number of nitrogens with one attached hydrogen (secondary N) is 2. The molecule has 0 saturated carbocycles. The molecule has 0 radical (unpaired) electrons. The average Bonchev–Trinajstić information content (AvgIpc) is 2.34. The topological polar surface area (TPSA) is 57.3 Å². The summed E-state index contributed by atoms with van der Waals surface area (Å²) in [6.07, 6.45) is 2.77. The number of aromatic nitrogens is 1. The van der Waals surface area contributed by atoms with Crippen LogP contribution in [0.15, 0.2) is 18.3 Å². The van der Waals surface area contributed by atoms with E-state index in [9.17, 15) is 4.79 Å². The molecule has 1 aromatic heterocycles. The van der Waals surface area contributed by atoms with Crippen molar-refractivity contribution in [1.29, 1.82) is 0 Å². The predicted octanol–water partition coefficient (Wildman–Crippen LogP) is 1.58. The van der Waals surface area contributed by atoms with Gasteiger partial charge in [0.2, 0.25) is 0 Å². The highest BCUT2D eigenvalue weighted by molar-refractivity contribution is 5.92. The SMILES string of the molecule is CC(C)NC(=O)c1ccc(NCCCN(C)C)cn1. The number of pyridine rings is 1. The van der Waals surface area contributed by atoms with E-state index >= 15 is 0 Å². The third-order valence-corrected chi connectivity index (χ3v) is 2.53. The highest BCUT2D eigenvalue weighted by Gasteiger charge is 2.07. The first-order valence-corrected chi connectivity index (χ1v) is 6.64. The average molecular weight is 264 g/mol. The Morgan fingerprint density at radius 3 is 2.63 bits per heavy atom. The van der Waals surface area contributed by atoms with E-state index in [1.807, 2.05) is 19.9 Å². The van der Waals surface area contributed by atoms with E-state index in [-0.39, 0.29) is 11.9 Å². The quantitative estimate of drug-likeness (QED) is 0.734. The summed E-state index contributed by atoms with van der Waals surface area (Å²) >= 11 is 0. The van der Waals surface area contributed by atoms with Gasteiger partial charge in [-0.15, -0.1) is 0 Å². The first-order chi connectivity index (χ1) is 8.99. The van der Waals surface area contributed by atoms with Crippen molar-refractivity contribution in [2.45, 2.75) is 26.3 Å². The molecule has 5 heteroatoms. The number of anilines is 1. The lowest BCUT2D eigenvalue weighted by Gasteiger charge is -2.11. The molecule has 1 rings (SSSR count). The molecule has 0 aromatic carbocycles. The molecule has 0 atom stereocenters. The molecule has 2 N–H and O–H groups in total. The minimum Gasteiger partial charge on any atom is -0.384 e. The number of amides is 1. The van der Waals surface area contributed by atoms with Gasteiger partial charge >= 0.3 is 0 Å². The fourth-order valence-electron chi connectivity index (χ4n) is 1.60. The smallest absolute Gasteiger partial charge is 0.270 e. The minimum absolute atomic E-state index is 0.123. The Labute approximate surface area is 115 Å². The van der Waals surface area contributed by atoms with E-state index in [2.05, 4.69) is 34.6 Å². The minimum atomic E-state index is -0.130. The van der Waals surface area contributed by atoms with Crippen molar-refractivity contribution in [2.75, 3.05) is 32.5 Å². The van der Waals surface area contributed by atoms with Crippen LogP contribution in [-0.2, 0) is 0 Å². The maximum atomic E-state index is 11.7.